The van der Waals surface area contributed by atoms with Crippen molar-refractivity contribution in [2.75, 3.05) is 0 Å². The summed E-state index contributed by atoms with van der Waals surface area (Å²) in [5.74, 6) is -4.27. The molecule has 3 N–H and O–H groups in total. The van der Waals surface area contributed by atoms with E-state index in [0.717, 1.165) is 12.1 Å². The van der Waals surface area contributed by atoms with Crippen LogP contribution in [0.1, 0.15) is 15.9 Å². The Labute approximate surface area is 146 Å². The molecule has 1 atom stereocenters. The van der Waals surface area contributed by atoms with Gasteiger partial charge in [0.05, 0.1) is 5.56 Å². The van der Waals surface area contributed by atoms with E-state index in [9.17, 15) is 18.4 Å². The molecular weight excluding hydrogens is 361 g/mol. The van der Waals surface area contributed by atoms with Gasteiger partial charge in [0.2, 0.25) is 5.91 Å². The van der Waals surface area contributed by atoms with Gasteiger partial charge >= 0.3 is 0 Å². The fourth-order valence-electron chi connectivity index (χ4n) is 2.05. The molecule has 0 bridgehead atoms. The summed E-state index contributed by atoms with van der Waals surface area (Å²) >= 11 is 11.8. The van der Waals surface area contributed by atoms with E-state index >= 15 is 0 Å². The summed E-state index contributed by atoms with van der Waals surface area (Å²) in [6.07, 6.45) is -0.0198. The van der Waals surface area contributed by atoms with Gasteiger partial charge in [-0.2, -0.15) is 0 Å². The van der Waals surface area contributed by atoms with Crippen LogP contribution in [0.4, 0.5) is 8.78 Å². The molecule has 2 aromatic carbocycles. The van der Waals surface area contributed by atoms with Crippen LogP contribution in [0, 0.1) is 11.6 Å². The van der Waals surface area contributed by atoms with Crippen LogP contribution in [0.3, 0.4) is 0 Å². The summed E-state index contributed by atoms with van der Waals surface area (Å²) in [4.78, 5) is 23.7. The molecule has 0 aliphatic rings. The highest BCUT2D eigenvalue weighted by molar-refractivity contribution is 6.35. The number of hydrogen-bond donors (Lipinski definition) is 2. The maximum Gasteiger partial charge on any atom is 0.255 e. The molecule has 0 aromatic heterocycles. The van der Waals surface area contributed by atoms with Crippen molar-refractivity contribution in [1.29, 1.82) is 0 Å². The number of halogens is 4. The third-order valence-corrected chi connectivity index (χ3v) is 3.87. The second kappa shape index (κ2) is 7.59. The van der Waals surface area contributed by atoms with Gasteiger partial charge in [-0.1, -0.05) is 35.3 Å². The Hall–Kier alpha value is -2.18. The molecule has 2 amide bonds. The third kappa shape index (κ3) is 4.21. The number of benzene rings is 2. The normalized spacial score (nSPS) is 11.8. The van der Waals surface area contributed by atoms with E-state index in [2.05, 4.69) is 5.32 Å². The Balaban J connectivity index is 2.21. The minimum Gasteiger partial charge on any atom is -0.368 e. The lowest BCUT2D eigenvalue weighted by atomic mass is 10.0. The highest BCUT2D eigenvalue weighted by atomic mass is 35.5. The van der Waals surface area contributed by atoms with E-state index in [4.69, 9.17) is 28.9 Å². The van der Waals surface area contributed by atoms with Crippen molar-refractivity contribution >= 4 is 35.0 Å². The zero-order valence-electron chi connectivity index (χ0n) is 12.2. The van der Waals surface area contributed by atoms with E-state index in [1.807, 2.05) is 0 Å². The van der Waals surface area contributed by atoms with Crippen LogP contribution in [0.2, 0.25) is 10.0 Å². The molecule has 2 rings (SSSR count). The van der Waals surface area contributed by atoms with Gasteiger partial charge in [0.15, 0.2) is 11.6 Å². The standard InChI is InChI=1S/C16H12Cl2F2N2O2/c17-9-5-4-8(11(18)7-9)6-13(15(21)23)22-16(24)10-2-1-3-12(19)14(10)20/h1-5,7,13H,6H2,(H2,21,23)(H,22,24)/t13-/m0/s1. The number of rotatable bonds is 5. The summed E-state index contributed by atoms with van der Waals surface area (Å²) in [5.41, 5.74) is 5.26. The van der Waals surface area contributed by atoms with Crippen molar-refractivity contribution in [2.24, 2.45) is 5.73 Å². The number of nitrogens with one attached hydrogen (secondary N) is 1. The van der Waals surface area contributed by atoms with Gasteiger partial charge in [0.1, 0.15) is 6.04 Å². The molecule has 24 heavy (non-hydrogen) atoms. The lowest BCUT2D eigenvalue weighted by Crippen LogP contribution is -2.46. The van der Waals surface area contributed by atoms with Crippen molar-refractivity contribution in [1.82, 2.24) is 5.32 Å². The largest absolute Gasteiger partial charge is 0.368 e. The number of hydrogen-bond acceptors (Lipinski definition) is 2. The van der Waals surface area contributed by atoms with Crippen LogP contribution in [-0.2, 0) is 11.2 Å². The van der Waals surface area contributed by atoms with Gasteiger partial charge in [-0.25, -0.2) is 8.78 Å². The maximum absolute atomic E-state index is 13.7. The first-order valence-electron chi connectivity index (χ1n) is 6.77. The van der Waals surface area contributed by atoms with Crippen LogP contribution in [0.5, 0.6) is 0 Å². The monoisotopic (exact) mass is 372 g/mol. The Kier molecular flexibility index (Phi) is 5.75. The smallest absolute Gasteiger partial charge is 0.255 e. The fourth-order valence-corrected chi connectivity index (χ4v) is 2.53. The number of nitrogens with two attached hydrogens (primary N) is 1. The zero-order valence-corrected chi connectivity index (χ0v) is 13.7. The summed E-state index contributed by atoms with van der Waals surface area (Å²) in [6.45, 7) is 0. The van der Waals surface area contributed by atoms with Crippen molar-refractivity contribution in [3.63, 3.8) is 0 Å². The van der Waals surface area contributed by atoms with Gasteiger partial charge in [-0.15, -0.1) is 0 Å². The molecule has 0 spiro atoms. The van der Waals surface area contributed by atoms with Crippen LogP contribution in [0.25, 0.3) is 0 Å². The molecule has 0 heterocycles. The fraction of sp³-hybridized carbons (Fsp3) is 0.125. The number of amides is 2. The van der Waals surface area contributed by atoms with Gasteiger partial charge in [-0.3, -0.25) is 9.59 Å². The predicted molar refractivity (Wildman–Crippen MR) is 87.0 cm³/mol. The van der Waals surface area contributed by atoms with Crippen LogP contribution < -0.4 is 11.1 Å². The molecule has 4 nitrogen and oxygen atoms in total. The molecule has 0 saturated heterocycles. The highest BCUT2D eigenvalue weighted by Crippen LogP contribution is 2.22. The molecule has 8 heteroatoms. The second-order valence-corrected chi connectivity index (χ2v) is 5.81. The number of carbonyl (C=O) groups is 2. The van der Waals surface area contributed by atoms with Crippen LogP contribution in [0.15, 0.2) is 36.4 Å². The minimum atomic E-state index is -1.30. The van der Waals surface area contributed by atoms with Crippen molar-refractivity contribution in [3.8, 4) is 0 Å². The average molecular weight is 373 g/mol. The number of primary amides is 1. The molecule has 0 aliphatic heterocycles. The summed E-state index contributed by atoms with van der Waals surface area (Å²) in [6, 6.07) is 6.63. The van der Waals surface area contributed by atoms with Crippen LogP contribution in [-0.4, -0.2) is 17.9 Å². The topological polar surface area (TPSA) is 72.2 Å². The first-order chi connectivity index (χ1) is 11.3. The van der Waals surface area contributed by atoms with E-state index in [1.54, 1.807) is 12.1 Å². The van der Waals surface area contributed by atoms with Crippen molar-refractivity contribution in [2.45, 2.75) is 12.5 Å². The van der Waals surface area contributed by atoms with Gasteiger partial charge in [0.25, 0.3) is 5.91 Å². The Morgan fingerprint density at radius 2 is 1.88 bits per heavy atom. The quantitative estimate of drug-likeness (QED) is 0.846. The van der Waals surface area contributed by atoms with Crippen molar-refractivity contribution < 1.29 is 18.4 Å². The minimum absolute atomic E-state index is 0.0198. The zero-order chi connectivity index (χ0) is 17.9. The van der Waals surface area contributed by atoms with Crippen LogP contribution >= 0.6 is 23.2 Å². The molecule has 0 radical (unpaired) electrons. The molecule has 2 aromatic rings. The lowest BCUT2D eigenvalue weighted by Gasteiger charge is -2.17. The predicted octanol–water partition coefficient (Wildman–Crippen LogP) is 3.10. The van der Waals surface area contributed by atoms with Crippen molar-refractivity contribution in [3.05, 3.63) is 69.2 Å². The molecule has 0 saturated carbocycles. The molecule has 0 unspecified atom stereocenters. The third-order valence-electron chi connectivity index (χ3n) is 3.28. The molecule has 0 fully saturated rings. The highest BCUT2D eigenvalue weighted by Gasteiger charge is 2.23. The Bertz CT molecular complexity index is 800. The second-order valence-electron chi connectivity index (χ2n) is 4.97. The van der Waals surface area contributed by atoms with Gasteiger partial charge < -0.3 is 11.1 Å². The van der Waals surface area contributed by atoms with E-state index in [1.165, 1.54) is 12.1 Å². The first kappa shape index (κ1) is 18.2. The molecular formula is C16H12Cl2F2N2O2. The van der Waals surface area contributed by atoms with Gasteiger partial charge in [0, 0.05) is 16.5 Å². The molecule has 126 valence electrons. The van der Waals surface area contributed by atoms with E-state index in [-0.39, 0.29) is 6.42 Å². The maximum atomic E-state index is 13.7. The Morgan fingerprint density at radius 3 is 2.50 bits per heavy atom. The SMILES string of the molecule is NC(=O)[C@H](Cc1ccc(Cl)cc1Cl)NC(=O)c1cccc(F)c1F. The van der Waals surface area contributed by atoms with E-state index in [0.29, 0.717) is 15.6 Å². The Morgan fingerprint density at radius 1 is 1.17 bits per heavy atom. The average Bonchev–Trinajstić information content (AvgIpc) is 2.51. The summed E-state index contributed by atoms with van der Waals surface area (Å²) in [7, 11) is 0. The number of carbonyl (C=O) groups excluding carboxylic acids is 2. The summed E-state index contributed by atoms with van der Waals surface area (Å²) < 4.78 is 26.8. The van der Waals surface area contributed by atoms with E-state index < -0.39 is 35.1 Å². The summed E-state index contributed by atoms with van der Waals surface area (Å²) in [5, 5.41) is 2.98. The van der Waals surface area contributed by atoms with Gasteiger partial charge in [-0.05, 0) is 29.8 Å². The lowest BCUT2D eigenvalue weighted by molar-refractivity contribution is -0.119. The molecule has 0 aliphatic carbocycles. The first-order valence-corrected chi connectivity index (χ1v) is 7.53.